The molecule has 1 fully saturated rings. The summed E-state index contributed by atoms with van der Waals surface area (Å²) in [5, 5.41) is 9.49. The first kappa shape index (κ1) is 9.01. The standard InChI is InChI=1S/C9H20NO/c1-3-10(4-2)7-5-6-9(11)8-10/h9,11H,3-8H2,1-2H3/q+1/t9-/m0/s1. The van der Waals surface area contributed by atoms with Crippen molar-refractivity contribution in [3.05, 3.63) is 0 Å². The third-order valence-electron chi connectivity index (χ3n) is 3.11. The molecule has 66 valence electrons. The van der Waals surface area contributed by atoms with Gasteiger partial charge in [0.15, 0.2) is 0 Å². The fourth-order valence-corrected chi connectivity index (χ4v) is 2.09. The molecule has 1 N–H and O–H groups in total. The van der Waals surface area contributed by atoms with Crippen molar-refractivity contribution in [2.75, 3.05) is 26.2 Å². The molecule has 11 heavy (non-hydrogen) atoms. The molecule has 1 rings (SSSR count). The van der Waals surface area contributed by atoms with Crippen LogP contribution in [0.4, 0.5) is 0 Å². The van der Waals surface area contributed by atoms with Gasteiger partial charge in [0.2, 0.25) is 0 Å². The van der Waals surface area contributed by atoms with Gasteiger partial charge in [-0.2, -0.15) is 0 Å². The zero-order valence-corrected chi connectivity index (χ0v) is 7.71. The topological polar surface area (TPSA) is 20.2 Å². The Labute approximate surface area is 69.4 Å². The monoisotopic (exact) mass is 158 g/mol. The van der Waals surface area contributed by atoms with Crippen LogP contribution in [0, 0.1) is 0 Å². The Hall–Kier alpha value is -0.0800. The van der Waals surface area contributed by atoms with Gasteiger partial charge >= 0.3 is 0 Å². The van der Waals surface area contributed by atoms with Gasteiger partial charge in [0.1, 0.15) is 12.6 Å². The predicted octanol–water partition coefficient (Wildman–Crippen LogP) is 0.998. The highest BCUT2D eigenvalue weighted by Crippen LogP contribution is 2.18. The molecule has 0 radical (unpaired) electrons. The summed E-state index contributed by atoms with van der Waals surface area (Å²) in [6, 6.07) is 0. The molecule has 0 bridgehead atoms. The van der Waals surface area contributed by atoms with Crippen molar-refractivity contribution in [3.8, 4) is 0 Å². The minimum absolute atomic E-state index is 0.0383. The van der Waals surface area contributed by atoms with E-state index in [-0.39, 0.29) is 6.10 Å². The number of nitrogens with zero attached hydrogens (tertiary/aromatic N) is 1. The van der Waals surface area contributed by atoms with Crippen molar-refractivity contribution in [3.63, 3.8) is 0 Å². The smallest absolute Gasteiger partial charge is 0.105 e. The molecule has 1 aliphatic rings. The van der Waals surface area contributed by atoms with Crippen molar-refractivity contribution in [1.82, 2.24) is 0 Å². The molecule has 0 aliphatic carbocycles. The molecule has 1 aliphatic heterocycles. The second kappa shape index (κ2) is 3.55. The molecule has 1 saturated heterocycles. The molecule has 0 amide bonds. The minimum atomic E-state index is -0.0383. The fourth-order valence-electron chi connectivity index (χ4n) is 2.09. The number of hydrogen-bond donors (Lipinski definition) is 1. The summed E-state index contributed by atoms with van der Waals surface area (Å²) in [6.45, 7) is 9.04. The third-order valence-corrected chi connectivity index (χ3v) is 3.11. The van der Waals surface area contributed by atoms with Crippen molar-refractivity contribution in [2.24, 2.45) is 0 Å². The zero-order valence-electron chi connectivity index (χ0n) is 7.71. The van der Waals surface area contributed by atoms with Gasteiger partial charge in [-0.15, -0.1) is 0 Å². The van der Waals surface area contributed by atoms with E-state index in [0.717, 1.165) is 17.4 Å². The Kier molecular flexibility index (Phi) is 2.90. The molecule has 0 saturated carbocycles. The van der Waals surface area contributed by atoms with Crippen molar-refractivity contribution in [1.29, 1.82) is 0 Å². The number of aliphatic hydroxyl groups is 1. The van der Waals surface area contributed by atoms with Crippen LogP contribution >= 0.6 is 0 Å². The average Bonchev–Trinajstić information content (AvgIpc) is 2.04. The van der Waals surface area contributed by atoms with E-state index in [0.29, 0.717) is 0 Å². The van der Waals surface area contributed by atoms with Crippen LogP contribution in [0.2, 0.25) is 0 Å². The second-order valence-electron chi connectivity index (χ2n) is 3.68. The van der Waals surface area contributed by atoms with Crippen LogP contribution in [0.25, 0.3) is 0 Å². The molecule has 1 atom stereocenters. The number of rotatable bonds is 2. The largest absolute Gasteiger partial charge is 0.387 e. The quantitative estimate of drug-likeness (QED) is 0.594. The highest BCUT2D eigenvalue weighted by atomic mass is 16.3. The maximum atomic E-state index is 9.49. The zero-order chi connectivity index (χ0) is 8.32. The lowest BCUT2D eigenvalue weighted by Gasteiger charge is -2.41. The van der Waals surface area contributed by atoms with E-state index in [9.17, 15) is 5.11 Å². The Bertz CT molecular complexity index is 121. The lowest BCUT2D eigenvalue weighted by molar-refractivity contribution is -0.932. The van der Waals surface area contributed by atoms with Crippen molar-refractivity contribution < 1.29 is 9.59 Å². The summed E-state index contributed by atoms with van der Waals surface area (Å²) < 4.78 is 1.13. The van der Waals surface area contributed by atoms with Crippen molar-refractivity contribution in [2.45, 2.75) is 32.8 Å². The number of aliphatic hydroxyl groups excluding tert-OH is 1. The normalized spacial score (nSPS) is 30.3. The van der Waals surface area contributed by atoms with E-state index in [1.165, 1.54) is 26.1 Å². The van der Waals surface area contributed by atoms with E-state index in [2.05, 4.69) is 13.8 Å². The second-order valence-corrected chi connectivity index (χ2v) is 3.68. The number of hydrogen-bond acceptors (Lipinski definition) is 1. The summed E-state index contributed by atoms with van der Waals surface area (Å²) in [7, 11) is 0. The maximum absolute atomic E-state index is 9.49. The van der Waals surface area contributed by atoms with Crippen molar-refractivity contribution >= 4 is 0 Å². The SMILES string of the molecule is CC[N+]1(CC)CCC[C@H](O)C1. The van der Waals surface area contributed by atoms with Gasteiger partial charge in [0, 0.05) is 0 Å². The maximum Gasteiger partial charge on any atom is 0.105 e. The summed E-state index contributed by atoms with van der Waals surface area (Å²) in [6.07, 6.45) is 2.17. The van der Waals surface area contributed by atoms with Gasteiger partial charge in [0.25, 0.3) is 0 Å². The molecular weight excluding hydrogens is 138 g/mol. The Balaban J connectivity index is 2.52. The van der Waals surface area contributed by atoms with E-state index in [1.807, 2.05) is 0 Å². The predicted molar refractivity (Wildman–Crippen MR) is 46.3 cm³/mol. The Morgan fingerprint density at radius 1 is 1.36 bits per heavy atom. The van der Waals surface area contributed by atoms with E-state index >= 15 is 0 Å². The summed E-state index contributed by atoms with van der Waals surface area (Å²) in [5.74, 6) is 0. The van der Waals surface area contributed by atoms with Crippen LogP contribution in [0.3, 0.4) is 0 Å². The number of likely N-dealkylation sites (N-methyl/N-ethyl adjacent to an activating group) is 1. The van der Waals surface area contributed by atoms with Gasteiger partial charge in [-0.25, -0.2) is 0 Å². The Morgan fingerprint density at radius 2 is 2.00 bits per heavy atom. The molecule has 0 aromatic rings. The van der Waals surface area contributed by atoms with Gasteiger partial charge < -0.3 is 9.59 Å². The number of likely N-dealkylation sites (tertiary alicyclic amines) is 1. The minimum Gasteiger partial charge on any atom is -0.387 e. The van der Waals surface area contributed by atoms with Crippen LogP contribution in [0.5, 0.6) is 0 Å². The number of piperidine rings is 1. The van der Waals surface area contributed by atoms with E-state index in [4.69, 9.17) is 0 Å². The molecule has 0 aromatic heterocycles. The van der Waals surface area contributed by atoms with Crippen LogP contribution in [0.1, 0.15) is 26.7 Å². The fraction of sp³-hybridized carbons (Fsp3) is 1.00. The molecule has 1 heterocycles. The molecular formula is C9H20NO+. The van der Waals surface area contributed by atoms with Crippen LogP contribution < -0.4 is 0 Å². The van der Waals surface area contributed by atoms with Gasteiger partial charge in [0.05, 0.1) is 19.6 Å². The van der Waals surface area contributed by atoms with E-state index in [1.54, 1.807) is 0 Å². The van der Waals surface area contributed by atoms with Crippen LogP contribution in [-0.2, 0) is 0 Å². The number of quaternary nitrogens is 1. The van der Waals surface area contributed by atoms with Gasteiger partial charge in [-0.3, -0.25) is 0 Å². The first-order valence-electron chi connectivity index (χ1n) is 4.75. The van der Waals surface area contributed by atoms with Crippen LogP contribution in [-0.4, -0.2) is 41.9 Å². The van der Waals surface area contributed by atoms with Crippen LogP contribution in [0.15, 0.2) is 0 Å². The molecule has 2 nitrogen and oxygen atoms in total. The van der Waals surface area contributed by atoms with E-state index < -0.39 is 0 Å². The lowest BCUT2D eigenvalue weighted by Crippen LogP contribution is -2.55. The summed E-state index contributed by atoms with van der Waals surface area (Å²) in [5.41, 5.74) is 0. The molecule has 0 unspecified atom stereocenters. The average molecular weight is 158 g/mol. The third kappa shape index (κ3) is 1.94. The summed E-state index contributed by atoms with van der Waals surface area (Å²) in [4.78, 5) is 0. The first-order valence-corrected chi connectivity index (χ1v) is 4.75. The van der Waals surface area contributed by atoms with Gasteiger partial charge in [-0.1, -0.05) is 0 Å². The Morgan fingerprint density at radius 3 is 2.36 bits per heavy atom. The van der Waals surface area contributed by atoms with Gasteiger partial charge in [-0.05, 0) is 26.7 Å². The highest BCUT2D eigenvalue weighted by Gasteiger charge is 2.30. The summed E-state index contributed by atoms with van der Waals surface area (Å²) >= 11 is 0. The highest BCUT2D eigenvalue weighted by molar-refractivity contribution is 4.61. The molecule has 0 spiro atoms. The first-order chi connectivity index (χ1) is 5.22. The molecule has 2 heteroatoms. The molecule has 0 aromatic carbocycles. The lowest BCUT2D eigenvalue weighted by atomic mass is 10.1.